The molecule has 0 radical (unpaired) electrons. The summed E-state index contributed by atoms with van der Waals surface area (Å²) in [5.74, 6) is 0.638. The lowest BCUT2D eigenvalue weighted by Gasteiger charge is -2.33. The van der Waals surface area contributed by atoms with Crippen LogP contribution in [0.4, 0.5) is 5.82 Å². The number of hydrogen-bond donors (Lipinski definition) is 3. The van der Waals surface area contributed by atoms with E-state index in [1.54, 1.807) is 11.7 Å². The number of aliphatic hydroxyl groups excluding tert-OH is 1. The predicted octanol–water partition coefficient (Wildman–Crippen LogP) is 2.89. The average Bonchev–Trinajstić information content (AvgIpc) is 3.33. The maximum Gasteiger partial charge on any atom is 0.202 e. The monoisotopic (exact) mass is 460 g/mol. The first-order valence-electron chi connectivity index (χ1n) is 10.1. The molecule has 1 atom stereocenters. The largest absolute Gasteiger partial charge is 0.390 e. The van der Waals surface area contributed by atoms with Crippen molar-refractivity contribution >= 4 is 51.1 Å². The fourth-order valence-electron chi connectivity index (χ4n) is 4.18. The molecule has 9 nitrogen and oxygen atoms in total. The Balaban J connectivity index is 1.63. The number of likely N-dealkylation sites (N-methyl/N-ethyl adjacent to an activating group) is 1. The van der Waals surface area contributed by atoms with Gasteiger partial charge in [-0.15, -0.1) is 0 Å². The van der Waals surface area contributed by atoms with E-state index in [-0.39, 0.29) is 12.6 Å². The van der Waals surface area contributed by atoms with E-state index in [4.69, 9.17) is 33.2 Å². The van der Waals surface area contributed by atoms with E-state index in [0.29, 0.717) is 55.0 Å². The molecule has 1 saturated heterocycles. The molecule has 31 heavy (non-hydrogen) atoms. The van der Waals surface area contributed by atoms with E-state index >= 15 is 0 Å². The Morgan fingerprint density at radius 3 is 2.87 bits per heavy atom. The lowest BCUT2D eigenvalue weighted by molar-refractivity contribution is 0.276. The van der Waals surface area contributed by atoms with E-state index < -0.39 is 0 Å². The van der Waals surface area contributed by atoms with E-state index in [2.05, 4.69) is 25.5 Å². The summed E-state index contributed by atoms with van der Waals surface area (Å²) in [6.45, 7) is 1.67. The van der Waals surface area contributed by atoms with Gasteiger partial charge in [-0.05, 0) is 31.5 Å². The lowest BCUT2D eigenvalue weighted by Crippen LogP contribution is -2.45. The smallest absolute Gasteiger partial charge is 0.202 e. The Morgan fingerprint density at radius 1 is 1.29 bits per heavy atom. The molecule has 0 amide bonds. The Kier molecular flexibility index (Phi) is 5.21. The first-order chi connectivity index (χ1) is 15.0. The molecule has 0 saturated carbocycles. The fourth-order valence-corrected chi connectivity index (χ4v) is 4.80. The molecule has 0 bridgehead atoms. The van der Waals surface area contributed by atoms with Crippen molar-refractivity contribution < 1.29 is 5.11 Å². The number of aryl methyl sites for hydroxylation is 1. The normalized spacial score (nSPS) is 17.0. The molecule has 11 heteroatoms. The molecular formula is C20H22Cl2N8O. The van der Waals surface area contributed by atoms with Gasteiger partial charge in [-0.25, -0.2) is 9.97 Å². The Bertz CT molecular complexity index is 1280. The zero-order valence-electron chi connectivity index (χ0n) is 17.2. The third-order valence-corrected chi connectivity index (χ3v) is 6.70. The first kappa shape index (κ1) is 20.4. The molecule has 162 valence electrons. The van der Waals surface area contributed by atoms with Gasteiger partial charge in [0.25, 0.3) is 0 Å². The first-order valence-corrected chi connectivity index (χ1v) is 10.9. The summed E-state index contributed by atoms with van der Waals surface area (Å²) in [7, 11) is 3.75. The zero-order chi connectivity index (χ0) is 21.7. The Hall–Kier alpha value is -2.46. The number of nitrogens with one attached hydrogen (secondary N) is 2. The van der Waals surface area contributed by atoms with Crippen molar-refractivity contribution in [3.63, 3.8) is 0 Å². The summed E-state index contributed by atoms with van der Waals surface area (Å²) < 4.78 is 1.58. The highest BCUT2D eigenvalue weighted by atomic mass is 35.5. The number of aromatic amines is 1. The van der Waals surface area contributed by atoms with E-state index in [0.717, 1.165) is 25.9 Å². The lowest BCUT2D eigenvalue weighted by atomic mass is 10.1. The number of nitrogens with zero attached hydrogens (tertiary/aromatic N) is 6. The topological polar surface area (TPSA) is 108 Å². The fraction of sp³-hybridized carbons (Fsp3) is 0.400. The number of aromatic nitrogens is 6. The van der Waals surface area contributed by atoms with Crippen LogP contribution in [-0.2, 0) is 13.7 Å². The highest BCUT2D eigenvalue weighted by Crippen LogP contribution is 2.39. The quantitative estimate of drug-likeness (QED) is 0.429. The predicted molar refractivity (Wildman–Crippen MR) is 122 cm³/mol. The summed E-state index contributed by atoms with van der Waals surface area (Å²) >= 11 is 13.1. The third-order valence-electron chi connectivity index (χ3n) is 5.88. The number of H-pyrrole nitrogens is 1. The molecule has 4 aromatic rings. The molecule has 1 aliphatic heterocycles. The van der Waals surface area contributed by atoms with Gasteiger partial charge in [-0.3, -0.25) is 9.78 Å². The van der Waals surface area contributed by atoms with Crippen molar-refractivity contribution in [2.75, 3.05) is 25.0 Å². The molecule has 4 heterocycles. The minimum absolute atomic E-state index is 0.228. The summed E-state index contributed by atoms with van der Waals surface area (Å²) in [5, 5.41) is 26.8. The van der Waals surface area contributed by atoms with E-state index in [1.165, 1.54) is 0 Å². The van der Waals surface area contributed by atoms with Gasteiger partial charge in [0, 0.05) is 32.2 Å². The van der Waals surface area contributed by atoms with Crippen molar-refractivity contribution in [2.45, 2.75) is 25.5 Å². The van der Waals surface area contributed by atoms with Gasteiger partial charge in [-0.1, -0.05) is 23.2 Å². The van der Waals surface area contributed by atoms with Gasteiger partial charge in [0.2, 0.25) is 5.65 Å². The zero-order valence-corrected chi connectivity index (χ0v) is 18.7. The van der Waals surface area contributed by atoms with Crippen molar-refractivity contribution in [3.05, 3.63) is 28.0 Å². The molecule has 0 unspecified atom stereocenters. The highest BCUT2D eigenvalue weighted by Gasteiger charge is 2.25. The van der Waals surface area contributed by atoms with Crippen molar-refractivity contribution in [3.8, 4) is 11.3 Å². The maximum atomic E-state index is 10.0. The van der Waals surface area contributed by atoms with Crippen LogP contribution in [0, 0.1) is 0 Å². The minimum atomic E-state index is -0.228. The molecule has 1 aliphatic rings. The number of rotatable bonds is 4. The molecule has 1 aromatic carbocycles. The van der Waals surface area contributed by atoms with Crippen LogP contribution in [0.3, 0.4) is 0 Å². The van der Waals surface area contributed by atoms with Gasteiger partial charge in [0.05, 0.1) is 28.2 Å². The third kappa shape index (κ3) is 3.32. The standard InChI is InChI=1S/C20H22Cl2N8O/c1-29(10-4-3-7-23-8-10)20-13(9-31)24-17-16(26-27-19(17)25-20)11-5-6-12-14(15(11)21)18(22)30(2)28-12/h5-6,10,23,31H,3-4,7-9H2,1-2H3,(H,25,26,27)/t10-/m1/s1. The van der Waals surface area contributed by atoms with Crippen molar-refractivity contribution in [2.24, 2.45) is 7.05 Å². The molecule has 3 N–H and O–H groups in total. The molecular weight excluding hydrogens is 439 g/mol. The molecule has 1 fully saturated rings. The van der Waals surface area contributed by atoms with E-state index in [1.807, 2.05) is 19.2 Å². The van der Waals surface area contributed by atoms with Crippen LogP contribution < -0.4 is 10.2 Å². The minimum Gasteiger partial charge on any atom is -0.390 e. The molecule has 0 aliphatic carbocycles. The summed E-state index contributed by atoms with van der Waals surface area (Å²) in [4.78, 5) is 11.5. The van der Waals surface area contributed by atoms with Crippen LogP contribution in [0.1, 0.15) is 18.5 Å². The number of hydrogen-bond acceptors (Lipinski definition) is 7. The van der Waals surface area contributed by atoms with Gasteiger partial charge in [0.15, 0.2) is 5.82 Å². The SMILES string of the molecule is CN(c1nc2n[nH]c(-c3ccc4nn(C)c(Cl)c4c3Cl)c2nc1CO)[C@@H]1CCCNC1. The summed E-state index contributed by atoms with van der Waals surface area (Å²) in [6, 6.07) is 4.00. The summed E-state index contributed by atoms with van der Waals surface area (Å²) in [5.41, 5.74) is 3.53. The average molecular weight is 461 g/mol. The van der Waals surface area contributed by atoms with Gasteiger partial charge < -0.3 is 15.3 Å². The van der Waals surface area contributed by atoms with E-state index in [9.17, 15) is 5.11 Å². The van der Waals surface area contributed by atoms with Gasteiger partial charge in [0.1, 0.15) is 16.4 Å². The second kappa shape index (κ2) is 7.90. The van der Waals surface area contributed by atoms with Crippen molar-refractivity contribution in [1.82, 2.24) is 35.3 Å². The van der Waals surface area contributed by atoms with Gasteiger partial charge >= 0.3 is 0 Å². The van der Waals surface area contributed by atoms with Crippen LogP contribution in [0.5, 0.6) is 0 Å². The second-order valence-corrected chi connectivity index (χ2v) is 8.51. The van der Waals surface area contributed by atoms with Crippen LogP contribution in [-0.4, -0.2) is 61.2 Å². The van der Waals surface area contributed by atoms with Crippen LogP contribution in [0.2, 0.25) is 10.2 Å². The number of aliphatic hydroxyl groups is 1. The molecule has 3 aromatic heterocycles. The molecule has 0 spiro atoms. The van der Waals surface area contributed by atoms with Crippen molar-refractivity contribution in [1.29, 1.82) is 0 Å². The summed E-state index contributed by atoms with van der Waals surface area (Å²) in [6.07, 6.45) is 2.16. The highest BCUT2D eigenvalue weighted by molar-refractivity contribution is 6.43. The molecule has 5 rings (SSSR count). The Morgan fingerprint density at radius 2 is 2.13 bits per heavy atom. The maximum absolute atomic E-state index is 10.0. The van der Waals surface area contributed by atoms with Crippen LogP contribution >= 0.6 is 23.2 Å². The Labute approximate surface area is 188 Å². The van der Waals surface area contributed by atoms with Crippen LogP contribution in [0.15, 0.2) is 12.1 Å². The van der Waals surface area contributed by atoms with Crippen LogP contribution in [0.25, 0.3) is 33.3 Å². The number of piperidine rings is 1. The second-order valence-electron chi connectivity index (χ2n) is 7.77. The number of anilines is 1. The number of halogens is 2. The number of fused-ring (bicyclic) bond motifs is 2. The van der Waals surface area contributed by atoms with Gasteiger partial charge in [-0.2, -0.15) is 10.2 Å². The number of benzene rings is 1.